The highest BCUT2D eigenvalue weighted by Gasteiger charge is 2.43. The van der Waals surface area contributed by atoms with Crippen LogP contribution in [-0.4, -0.2) is 46.9 Å². The minimum Gasteiger partial charge on any atom is -0.455 e. The Labute approximate surface area is 178 Å². The molecule has 2 N–H and O–H groups in total. The zero-order valence-corrected chi connectivity index (χ0v) is 16.7. The summed E-state index contributed by atoms with van der Waals surface area (Å²) in [6, 6.07) is 11.4. The van der Waals surface area contributed by atoms with Crippen molar-refractivity contribution in [2.24, 2.45) is 0 Å². The number of rotatable bonds is 5. The predicted octanol–water partition coefficient (Wildman–Crippen LogP) is 2.84. The second kappa shape index (κ2) is 7.44. The lowest BCUT2D eigenvalue weighted by Gasteiger charge is -2.20. The number of hydrogen-bond acceptors (Lipinski definition) is 5. The fraction of sp³-hybridized carbons (Fsp3) is 0.250. The van der Waals surface area contributed by atoms with Gasteiger partial charge >= 0.3 is 0 Å². The van der Waals surface area contributed by atoms with Crippen LogP contribution in [-0.2, 0) is 11.2 Å². The second-order valence-corrected chi connectivity index (χ2v) is 8.16. The standard InChI is InChI=1S/C24H21FN2O4/c25-19-3-1-2-4-22(19)31-18-10-17-12-27(14-24(17,30)11-18)13-21(28)16-5-7-20-15(9-16)6-8-23(29)26-20/h1-5,7,9-11,30H,6,8,12-14H2,(H,26,29)/t24-/m0/s1. The van der Waals surface area contributed by atoms with Gasteiger partial charge in [0, 0.05) is 30.8 Å². The molecule has 0 spiro atoms. The van der Waals surface area contributed by atoms with Gasteiger partial charge in [0.2, 0.25) is 5.91 Å². The monoisotopic (exact) mass is 420 g/mol. The molecule has 2 aromatic rings. The normalized spacial score (nSPS) is 22.3. The van der Waals surface area contributed by atoms with Gasteiger partial charge in [-0.05, 0) is 60.0 Å². The number of benzene rings is 2. The van der Waals surface area contributed by atoms with E-state index in [4.69, 9.17) is 4.74 Å². The SMILES string of the molecule is O=C1CCc2cc(C(=O)CN3CC4=CC(Oc5ccccc5F)=C[C@]4(O)C3)ccc2N1. The first-order chi connectivity index (χ1) is 14.9. The molecule has 3 aliphatic rings. The molecule has 2 aromatic carbocycles. The number of halogens is 1. The molecule has 1 atom stereocenters. The van der Waals surface area contributed by atoms with Crippen molar-refractivity contribution in [2.45, 2.75) is 18.4 Å². The number of aliphatic hydroxyl groups is 1. The Morgan fingerprint density at radius 2 is 2.06 bits per heavy atom. The number of nitrogens with one attached hydrogen (secondary N) is 1. The maximum absolute atomic E-state index is 13.8. The van der Waals surface area contributed by atoms with Crippen LogP contribution in [0.1, 0.15) is 22.3 Å². The number of anilines is 1. The summed E-state index contributed by atoms with van der Waals surface area (Å²) >= 11 is 0. The number of carbonyl (C=O) groups is 2. The van der Waals surface area contributed by atoms with Crippen molar-refractivity contribution in [1.82, 2.24) is 4.90 Å². The van der Waals surface area contributed by atoms with Crippen LogP contribution in [0.4, 0.5) is 10.1 Å². The molecule has 1 saturated heterocycles. The number of nitrogens with zero attached hydrogens (tertiary/aromatic N) is 1. The van der Waals surface area contributed by atoms with Crippen LogP contribution < -0.4 is 10.1 Å². The number of likely N-dealkylation sites (tertiary alicyclic amines) is 1. The van der Waals surface area contributed by atoms with Crippen LogP contribution in [0.3, 0.4) is 0 Å². The van der Waals surface area contributed by atoms with E-state index in [0.29, 0.717) is 30.7 Å². The molecule has 2 heterocycles. The maximum Gasteiger partial charge on any atom is 0.224 e. The lowest BCUT2D eigenvalue weighted by molar-refractivity contribution is -0.116. The quantitative estimate of drug-likeness (QED) is 0.728. The summed E-state index contributed by atoms with van der Waals surface area (Å²) in [5, 5.41) is 13.8. The first-order valence-electron chi connectivity index (χ1n) is 10.2. The van der Waals surface area contributed by atoms with Crippen molar-refractivity contribution in [3.05, 3.63) is 82.9 Å². The summed E-state index contributed by atoms with van der Waals surface area (Å²) in [6.07, 6.45) is 4.31. The molecule has 0 aromatic heterocycles. The molecular weight excluding hydrogens is 399 g/mol. The summed E-state index contributed by atoms with van der Waals surface area (Å²) < 4.78 is 19.4. The van der Waals surface area contributed by atoms with Gasteiger partial charge in [-0.1, -0.05) is 12.1 Å². The van der Waals surface area contributed by atoms with Crippen molar-refractivity contribution in [3.8, 4) is 5.75 Å². The van der Waals surface area contributed by atoms with Crippen molar-refractivity contribution < 1.29 is 23.8 Å². The summed E-state index contributed by atoms with van der Waals surface area (Å²) in [5.74, 6) is -0.0309. The Morgan fingerprint density at radius 1 is 1.23 bits per heavy atom. The highest BCUT2D eigenvalue weighted by atomic mass is 19.1. The highest BCUT2D eigenvalue weighted by Crippen LogP contribution is 2.36. The van der Waals surface area contributed by atoms with Gasteiger partial charge in [-0.2, -0.15) is 0 Å². The molecule has 1 fully saturated rings. The largest absolute Gasteiger partial charge is 0.455 e. The molecule has 6 nitrogen and oxygen atoms in total. The van der Waals surface area contributed by atoms with Crippen LogP contribution in [0.5, 0.6) is 5.75 Å². The molecule has 158 valence electrons. The van der Waals surface area contributed by atoms with Crippen LogP contribution in [0.2, 0.25) is 0 Å². The molecule has 2 aliphatic heterocycles. The molecule has 5 rings (SSSR count). The smallest absolute Gasteiger partial charge is 0.224 e. The van der Waals surface area contributed by atoms with Crippen molar-refractivity contribution in [3.63, 3.8) is 0 Å². The van der Waals surface area contributed by atoms with E-state index in [-0.39, 0.29) is 30.5 Å². The number of ketones is 1. The Kier molecular flexibility index (Phi) is 4.72. The van der Waals surface area contributed by atoms with Gasteiger partial charge in [-0.15, -0.1) is 0 Å². The van der Waals surface area contributed by atoms with E-state index in [9.17, 15) is 19.1 Å². The van der Waals surface area contributed by atoms with E-state index >= 15 is 0 Å². The van der Waals surface area contributed by atoms with Crippen LogP contribution in [0.25, 0.3) is 0 Å². The Hall–Kier alpha value is -3.29. The minimum atomic E-state index is -1.22. The molecule has 0 bridgehead atoms. The molecular formula is C24H21FN2O4. The predicted molar refractivity (Wildman–Crippen MR) is 112 cm³/mol. The summed E-state index contributed by atoms with van der Waals surface area (Å²) in [7, 11) is 0. The fourth-order valence-corrected chi connectivity index (χ4v) is 4.31. The maximum atomic E-state index is 13.8. The average Bonchev–Trinajstić information content (AvgIpc) is 3.19. The van der Waals surface area contributed by atoms with Gasteiger partial charge in [0.05, 0.1) is 6.54 Å². The number of amides is 1. The number of para-hydroxylation sites is 1. The zero-order chi connectivity index (χ0) is 21.6. The highest BCUT2D eigenvalue weighted by molar-refractivity contribution is 6.00. The first kappa shape index (κ1) is 19.7. The van der Waals surface area contributed by atoms with Gasteiger partial charge in [0.15, 0.2) is 17.3 Å². The lowest BCUT2D eigenvalue weighted by atomic mass is 9.98. The number of carbonyl (C=O) groups excluding carboxylic acids is 2. The Bertz CT molecular complexity index is 1160. The summed E-state index contributed by atoms with van der Waals surface area (Å²) in [5.41, 5.74) is 1.81. The van der Waals surface area contributed by atoms with E-state index in [2.05, 4.69) is 5.32 Å². The number of hydrogen-bond donors (Lipinski definition) is 2. The third kappa shape index (κ3) is 3.78. The fourth-order valence-electron chi connectivity index (χ4n) is 4.31. The van der Waals surface area contributed by atoms with Crippen LogP contribution in [0.15, 0.2) is 65.9 Å². The van der Waals surface area contributed by atoms with Gasteiger partial charge in [-0.3, -0.25) is 14.5 Å². The zero-order valence-electron chi connectivity index (χ0n) is 16.7. The van der Waals surface area contributed by atoms with Gasteiger partial charge in [-0.25, -0.2) is 4.39 Å². The van der Waals surface area contributed by atoms with E-state index in [1.165, 1.54) is 12.1 Å². The van der Waals surface area contributed by atoms with Gasteiger partial charge in [0.1, 0.15) is 11.4 Å². The van der Waals surface area contributed by atoms with Crippen molar-refractivity contribution >= 4 is 17.4 Å². The molecule has 7 heteroatoms. The number of β-amino-alcohol motifs (C(OH)–C–C–N with tert-alkyl or cyclic N) is 1. The molecule has 1 aliphatic carbocycles. The number of Topliss-reactive ketones (excluding diaryl/α,β-unsaturated/α-hetero) is 1. The van der Waals surface area contributed by atoms with E-state index in [1.807, 2.05) is 11.0 Å². The van der Waals surface area contributed by atoms with Crippen molar-refractivity contribution in [2.75, 3.05) is 25.0 Å². The third-order valence-electron chi connectivity index (χ3n) is 5.87. The van der Waals surface area contributed by atoms with E-state index < -0.39 is 11.4 Å². The first-order valence-corrected chi connectivity index (χ1v) is 10.2. The average molecular weight is 420 g/mol. The lowest BCUT2D eigenvalue weighted by Crippen LogP contribution is -2.34. The number of fused-ring (bicyclic) bond motifs is 2. The topological polar surface area (TPSA) is 78.9 Å². The minimum absolute atomic E-state index is 0.0110. The van der Waals surface area contributed by atoms with Crippen LogP contribution >= 0.6 is 0 Å². The Morgan fingerprint density at radius 3 is 2.87 bits per heavy atom. The van der Waals surface area contributed by atoms with Crippen molar-refractivity contribution in [1.29, 1.82) is 0 Å². The van der Waals surface area contributed by atoms with E-state index in [0.717, 1.165) is 16.8 Å². The van der Waals surface area contributed by atoms with Gasteiger partial charge in [0.25, 0.3) is 0 Å². The number of ether oxygens (including phenoxy) is 1. The van der Waals surface area contributed by atoms with Gasteiger partial charge < -0.3 is 15.2 Å². The summed E-state index contributed by atoms with van der Waals surface area (Å²) in [6.45, 7) is 0.849. The molecule has 0 saturated carbocycles. The molecule has 1 amide bonds. The number of aryl methyl sites for hydroxylation is 1. The van der Waals surface area contributed by atoms with Crippen LogP contribution in [0, 0.1) is 5.82 Å². The second-order valence-electron chi connectivity index (χ2n) is 8.16. The van der Waals surface area contributed by atoms with E-state index in [1.54, 1.807) is 36.4 Å². The molecule has 0 radical (unpaired) electrons. The number of allylic oxidation sites excluding steroid dienone is 1. The third-order valence-corrected chi connectivity index (χ3v) is 5.87. The molecule has 0 unspecified atom stereocenters. The molecule has 31 heavy (non-hydrogen) atoms. The summed E-state index contributed by atoms with van der Waals surface area (Å²) in [4.78, 5) is 26.2. The Balaban J connectivity index is 1.24.